The molecule has 4 rings (SSSR count). The number of aryl methyl sites for hydroxylation is 1. The number of ether oxygens (including phenoxy) is 1. The Hall–Kier alpha value is -4.43. The molecule has 240 valence electrons. The molecule has 4 atom stereocenters. The van der Waals surface area contributed by atoms with E-state index in [0.29, 0.717) is 23.7 Å². The van der Waals surface area contributed by atoms with Crippen LogP contribution in [0.4, 0.5) is 0 Å². The van der Waals surface area contributed by atoms with Crippen molar-refractivity contribution in [3.05, 3.63) is 77.1 Å². The molecule has 5 N–H and O–H groups in total. The number of nitrogens with one attached hydrogen (secondary N) is 4. The molecule has 4 amide bonds. The third-order valence-electron chi connectivity index (χ3n) is 7.20. The van der Waals surface area contributed by atoms with E-state index in [1.54, 1.807) is 23.0 Å². The Balaban J connectivity index is 1.66. The molecule has 0 fully saturated rings. The number of hydrogen-bond donors (Lipinski definition) is 5. The number of carbonyl (C=O) groups is 4. The maximum absolute atomic E-state index is 13.5. The first kappa shape index (κ1) is 33.5. The fourth-order valence-electron chi connectivity index (χ4n) is 4.75. The normalized spacial score (nSPS) is 20.8. The first-order valence-electron chi connectivity index (χ1n) is 14.7. The summed E-state index contributed by atoms with van der Waals surface area (Å²) in [4.78, 5) is 53.9. The Bertz CT molecular complexity index is 1480. The number of hydrogen-bond acceptors (Lipinski definition) is 9. The van der Waals surface area contributed by atoms with Crippen LogP contribution in [0.25, 0.3) is 0 Å². The molecule has 1 aromatic heterocycles. The smallest absolute Gasteiger partial charge is 0.255 e. The number of carbonyl (C=O) groups excluding carboxylic acids is 4. The van der Waals surface area contributed by atoms with Crippen LogP contribution >= 0.6 is 11.8 Å². The number of benzene rings is 2. The molecule has 0 spiro atoms. The van der Waals surface area contributed by atoms with E-state index in [0.717, 1.165) is 11.1 Å². The van der Waals surface area contributed by atoms with Gasteiger partial charge in [-0.2, -0.15) is 11.8 Å². The Labute approximate surface area is 265 Å². The molecule has 1 aliphatic heterocycles. The standard InChI is InChI=1S/C31H39N7O6S/c1-19-9-10-26-23(15-19)28(40)33-24(11-14-45-3)30(42)35-27(20(2)39)31(43)34-25(16-21-7-5-4-6-8-21)29(41)32-17-22-18-38(37-36-22)12-13-44-26/h4-10,15,18,20,24-25,27,39H,11-14,16-17H2,1-3H3,(H,32,41)(H,33,40)(H,34,43)(H,35,42)/t20-,24+,25-,27+/m1/s1. The molecule has 0 saturated heterocycles. The molecule has 1 aliphatic rings. The highest BCUT2D eigenvalue weighted by Crippen LogP contribution is 2.21. The molecule has 45 heavy (non-hydrogen) atoms. The number of fused-ring (bicyclic) bond motifs is 3. The van der Waals surface area contributed by atoms with Crippen LogP contribution in [0.3, 0.4) is 0 Å². The summed E-state index contributed by atoms with van der Waals surface area (Å²) in [5.74, 6) is -1.53. The zero-order chi connectivity index (χ0) is 32.3. The maximum atomic E-state index is 13.5. The van der Waals surface area contributed by atoms with Crippen molar-refractivity contribution in [2.24, 2.45) is 0 Å². The molecule has 2 bridgehead atoms. The number of aliphatic hydroxyl groups excluding tert-OH is 1. The van der Waals surface area contributed by atoms with Gasteiger partial charge in [0.1, 0.15) is 36.2 Å². The zero-order valence-corrected chi connectivity index (χ0v) is 26.3. The van der Waals surface area contributed by atoms with Gasteiger partial charge in [-0.1, -0.05) is 47.2 Å². The minimum absolute atomic E-state index is 0.0524. The number of thioether (sulfide) groups is 1. The number of rotatable bonds is 6. The van der Waals surface area contributed by atoms with Crippen molar-refractivity contribution in [3.63, 3.8) is 0 Å². The number of nitrogens with zero attached hydrogens (tertiary/aromatic N) is 3. The highest BCUT2D eigenvalue weighted by molar-refractivity contribution is 7.98. The highest BCUT2D eigenvalue weighted by atomic mass is 32.2. The third-order valence-corrected chi connectivity index (χ3v) is 7.84. The molecule has 2 aromatic carbocycles. The average Bonchev–Trinajstić information content (AvgIpc) is 3.48. The van der Waals surface area contributed by atoms with Crippen LogP contribution in [0.1, 0.15) is 40.5 Å². The van der Waals surface area contributed by atoms with Crippen LogP contribution in [0, 0.1) is 6.92 Å². The van der Waals surface area contributed by atoms with Crippen molar-refractivity contribution < 1.29 is 29.0 Å². The minimum Gasteiger partial charge on any atom is -0.491 e. The van der Waals surface area contributed by atoms with Gasteiger partial charge in [0.25, 0.3) is 5.91 Å². The maximum Gasteiger partial charge on any atom is 0.255 e. The first-order chi connectivity index (χ1) is 21.6. The lowest BCUT2D eigenvalue weighted by molar-refractivity contribution is -0.134. The zero-order valence-electron chi connectivity index (χ0n) is 25.5. The van der Waals surface area contributed by atoms with E-state index < -0.39 is 47.9 Å². The fourth-order valence-corrected chi connectivity index (χ4v) is 5.22. The molecule has 2 heterocycles. The quantitative estimate of drug-likeness (QED) is 0.261. The van der Waals surface area contributed by atoms with E-state index in [-0.39, 0.29) is 31.6 Å². The number of aromatic nitrogens is 3. The van der Waals surface area contributed by atoms with E-state index in [2.05, 4.69) is 31.6 Å². The van der Waals surface area contributed by atoms with Gasteiger partial charge in [0, 0.05) is 6.42 Å². The van der Waals surface area contributed by atoms with Crippen LogP contribution in [0.5, 0.6) is 5.75 Å². The first-order valence-corrected chi connectivity index (χ1v) is 16.1. The van der Waals surface area contributed by atoms with Gasteiger partial charge in [-0.25, -0.2) is 4.68 Å². The van der Waals surface area contributed by atoms with Crippen LogP contribution < -0.4 is 26.0 Å². The second-order valence-electron chi connectivity index (χ2n) is 10.8. The van der Waals surface area contributed by atoms with E-state index >= 15 is 0 Å². The van der Waals surface area contributed by atoms with E-state index in [4.69, 9.17) is 4.74 Å². The van der Waals surface area contributed by atoms with Crippen molar-refractivity contribution in [2.45, 2.75) is 64.0 Å². The van der Waals surface area contributed by atoms with Crippen molar-refractivity contribution in [2.75, 3.05) is 18.6 Å². The SMILES string of the molecule is CSCC[C@@H]1NC(=O)c2cc(C)ccc2OCCn2cc(nn2)CNC(=O)[C@@H](Cc2ccccc2)NC(=O)[C@H]([C@@H](C)O)NC1=O. The predicted octanol–water partition coefficient (Wildman–Crippen LogP) is 0.740. The van der Waals surface area contributed by atoms with Gasteiger partial charge < -0.3 is 31.1 Å². The Morgan fingerprint density at radius 3 is 2.53 bits per heavy atom. The van der Waals surface area contributed by atoms with Gasteiger partial charge in [0.2, 0.25) is 17.7 Å². The summed E-state index contributed by atoms with van der Waals surface area (Å²) in [5.41, 5.74) is 2.36. The molecule has 13 nitrogen and oxygen atoms in total. The van der Waals surface area contributed by atoms with Gasteiger partial charge in [-0.15, -0.1) is 5.10 Å². The van der Waals surface area contributed by atoms with Crippen molar-refractivity contribution in [1.82, 2.24) is 36.3 Å². The topological polar surface area (TPSA) is 177 Å². The summed E-state index contributed by atoms with van der Waals surface area (Å²) in [6.45, 7) is 3.76. The Morgan fingerprint density at radius 2 is 1.80 bits per heavy atom. The summed E-state index contributed by atoms with van der Waals surface area (Å²) in [7, 11) is 0. The molecule has 0 unspecified atom stereocenters. The van der Waals surface area contributed by atoms with E-state index in [1.165, 1.54) is 18.7 Å². The van der Waals surface area contributed by atoms with Gasteiger partial charge >= 0.3 is 0 Å². The summed E-state index contributed by atoms with van der Waals surface area (Å²) in [6, 6.07) is 10.9. The summed E-state index contributed by atoms with van der Waals surface area (Å²) in [5, 5.41) is 29.6. The molecule has 0 radical (unpaired) electrons. The van der Waals surface area contributed by atoms with Crippen molar-refractivity contribution in [1.29, 1.82) is 0 Å². The molecule has 0 saturated carbocycles. The molecule has 0 aliphatic carbocycles. The van der Waals surface area contributed by atoms with Crippen LogP contribution in [0.15, 0.2) is 54.7 Å². The van der Waals surface area contributed by atoms with Gasteiger partial charge in [-0.05, 0) is 50.0 Å². The monoisotopic (exact) mass is 637 g/mol. The third kappa shape index (κ3) is 9.53. The highest BCUT2D eigenvalue weighted by Gasteiger charge is 2.33. The average molecular weight is 638 g/mol. The lowest BCUT2D eigenvalue weighted by Gasteiger charge is -2.27. The van der Waals surface area contributed by atoms with Crippen molar-refractivity contribution in [3.8, 4) is 5.75 Å². The number of amides is 4. The predicted molar refractivity (Wildman–Crippen MR) is 168 cm³/mol. The number of aliphatic hydroxyl groups is 1. The molecule has 3 aromatic rings. The van der Waals surface area contributed by atoms with Gasteiger partial charge in [0.05, 0.1) is 31.0 Å². The molecular weight excluding hydrogens is 598 g/mol. The summed E-state index contributed by atoms with van der Waals surface area (Å²) < 4.78 is 7.51. The lowest BCUT2D eigenvalue weighted by atomic mass is 10.0. The van der Waals surface area contributed by atoms with E-state index in [1.807, 2.05) is 49.6 Å². The second kappa shape index (κ2) is 16.0. The second-order valence-corrected chi connectivity index (χ2v) is 11.8. The minimum atomic E-state index is -1.40. The van der Waals surface area contributed by atoms with Gasteiger partial charge in [0.15, 0.2) is 0 Å². The summed E-state index contributed by atoms with van der Waals surface area (Å²) in [6.07, 6.45) is 2.66. The fraction of sp³-hybridized carbons (Fsp3) is 0.419. The molecule has 14 heteroatoms. The molecular formula is C31H39N7O6S. The van der Waals surface area contributed by atoms with E-state index in [9.17, 15) is 24.3 Å². The van der Waals surface area contributed by atoms with Crippen LogP contribution in [-0.4, -0.2) is 86.6 Å². The van der Waals surface area contributed by atoms with Crippen LogP contribution in [0.2, 0.25) is 0 Å². The lowest BCUT2D eigenvalue weighted by Crippen LogP contribution is -2.60. The Kier molecular flexibility index (Phi) is 11.9. The van der Waals surface area contributed by atoms with Crippen molar-refractivity contribution >= 4 is 35.4 Å². The Morgan fingerprint density at radius 1 is 1.02 bits per heavy atom. The summed E-state index contributed by atoms with van der Waals surface area (Å²) >= 11 is 1.49. The van der Waals surface area contributed by atoms with Crippen LogP contribution in [-0.2, 0) is 33.9 Å². The largest absolute Gasteiger partial charge is 0.491 e. The van der Waals surface area contributed by atoms with Gasteiger partial charge in [-0.3, -0.25) is 19.2 Å².